The summed E-state index contributed by atoms with van der Waals surface area (Å²) in [5.74, 6) is -0.0781. The first-order chi connectivity index (χ1) is 11.7. The summed E-state index contributed by atoms with van der Waals surface area (Å²) in [6, 6.07) is 15.0. The zero-order valence-electron chi connectivity index (χ0n) is 14.2. The molecule has 1 aliphatic heterocycles. The number of para-hydroxylation sites is 1. The Bertz CT molecular complexity index is 766. The molecule has 0 saturated heterocycles. The molecule has 0 atom stereocenters. The standard InChI is InChI=1S/C20H22N2O2/c1-3-21(4-2)19(23)16-9-7-10-17(14-16)20(24)22-13-12-15-8-5-6-11-18(15)22/h5-11,14H,3-4,12-13H2,1-2H3. The van der Waals surface area contributed by atoms with Crippen LogP contribution in [0.2, 0.25) is 0 Å². The molecule has 0 N–H and O–H groups in total. The third-order valence-electron chi connectivity index (χ3n) is 4.54. The fourth-order valence-corrected chi connectivity index (χ4v) is 3.18. The second-order valence-electron chi connectivity index (χ2n) is 5.89. The minimum Gasteiger partial charge on any atom is -0.339 e. The van der Waals surface area contributed by atoms with Crippen molar-refractivity contribution >= 4 is 17.5 Å². The van der Waals surface area contributed by atoms with Crippen LogP contribution in [-0.2, 0) is 6.42 Å². The summed E-state index contributed by atoms with van der Waals surface area (Å²) in [6.45, 7) is 5.92. The van der Waals surface area contributed by atoms with Crippen LogP contribution in [0.5, 0.6) is 0 Å². The van der Waals surface area contributed by atoms with Crippen LogP contribution >= 0.6 is 0 Å². The molecule has 0 radical (unpaired) electrons. The van der Waals surface area contributed by atoms with Gasteiger partial charge in [0, 0.05) is 36.4 Å². The Hall–Kier alpha value is -2.62. The number of anilines is 1. The van der Waals surface area contributed by atoms with Crippen molar-refractivity contribution in [2.24, 2.45) is 0 Å². The van der Waals surface area contributed by atoms with Gasteiger partial charge in [-0.3, -0.25) is 9.59 Å². The maximum absolute atomic E-state index is 12.9. The number of benzene rings is 2. The lowest BCUT2D eigenvalue weighted by molar-refractivity contribution is 0.0773. The van der Waals surface area contributed by atoms with E-state index in [1.807, 2.05) is 32.0 Å². The Morgan fingerprint density at radius 3 is 2.46 bits per heavy atom. The van der Waals surface area contributed by atoms with Crippen molar-refractivity contribution in [1.82, 2.24) is 4.90 Å². The highest BCUT2D eigenvalue weighted by Crippen LogP contribution is 2.29. The van der Waals surface area contributed by atoms with Gasteiger partial charge in [-0.2, -0.15) is 0 Å². The molecule has 0 spiro atoms. The molecule has 0 fully saturated rings. The summed E-state index contributed by atoms with van der Waals surface area (Å²) in [5.41, 5.74) is 3.30. The van der Waals surface area contributed by atoms with E-state index in [1.165, 1.54) is 5.56 Å². The number of carbonyl (C=O) groups excluding carboxylic acids is 2. The van der Waals surface area contributed by atoms with Gasteiger partial charge in [0.1, 0.15) is 0 Å². The second-order valence-corrected chi connectivity index (χ2v) is 5.89. The molecule has 0 unspecified atom stereocenters. The highest BCUT2D eigenvalue weighted by molar-refractivity contribution is 6.08. The first-order valence-corrected chi connectivity index (χ1v) is 8.44. The first kappa shape index (κ1) is 16.2. The van der Waals surface area contributed by atoms with Crippen molar-refractivity contribution in [2.45, 2.75) is 20.3 Å². The SMILES string of the molecule is CCN(CC)C(=O)c1cccc(C(=O)N2CCc3ccccc32)c1. The minimum atomic E-state index is -0.0471. The number of hydrogen-bond donors (Lipinski definition) is 0. The molecule has 0 aromatic heterocycles. The molecule has 124 valence electrons. The van der Waals surface area contributed by atoms with E-state index in [1.54, 1.807) is 34.1 Å². The van der Waals surface area contributed by atoms with Crippen molar-refractivity contribution in [2.75, 3.05) is 24.5 Å². The largest absolute Gasteiger partial charge is 0.339 e. The fourth-order valence-electron chi connectivity index (χ4n) is 3.18. The lowest BCUT2D eigenvalue weighted by Crippen LogP contribution is -2.31. The Kier molecular flexibility index (Phi) is 4.65. The molecule has 2 amide bonds. The molecule has 2 aromatic rings. The summed E-state index contributed by atoms with van der Waals surface area (Å²) < 4.78 is 0. The predicted octanol–water partition coefficient (Wildman–Crippen LogP) is 3.37. The molecular formula is C20H22N2O2. The normalized spacial score (nSPS) is 12.8. The van der Waals surface area contributed by atoms with Crippen molar-refractivity contribution in [3.8, 4) is 0 Å². The van der Waals surface area contributed by atoms with E-state index >= 15 is 0 Å². The lowest BCUT2D eigenvalue weighted by atomic mass is 10.1. The number of amides is 2. The lowest BCUT2D eigenvalue weighted by Gasteiger charge is -2.20. The smallest absolute Gasteiger partial charge is 0.258 e. The van der Waals surface area contributed by atoms with Gasteiger partial charge in [-0.05, 0) is 50.1 Å². The third kappa shape index (κ3) is 2.92. The van der Waals surface area contributed by atoms with Crippen LogP contribution in [0.15, 0.2) is 48.5 Å². The first-order valence-electron chi connectivity index (χ1n) is 8.44. The Morgan fingerprint density at radius 2 is 1.71 bits per heavy atom. The number of fused-ring (bicyclic) bond motifs is 1. The molecule has 1 heterocycles. The van der Waals surface area contributed by atoms with Gasteiger partial charge >= 0.3 is 0 Å². The van der Waals surface area contributed by atoms with Crippen LogP contribution in [0.25, 0.3) is 0 Å². The quantitative estimate of drug-likeness (QED) is 0.866. The molecule has 0 saturated carbocycles. The van der Waals surface area contributed by atoms with Gasteiger partial charge in [0.25, 0.3) is 11.8 Å². The van der Waals surface area contributed by atoms with E-state index in [0.29, 0.717) is 30.8 Å². The van der Waals surface area contributed by atoms with Crippen molar-refractivity contribution in [1.29, 1.82) is 0 Å². The van der Waals surface area contributed by atoms with Gasteiger partial charge in [0.2, 0.25) is 0 Å². The van der Waals surface area contributed by atoms with Gasteiger partial charge in [-0.15, -0.1) is 0 Å². The van der Waals surface area contributed by atoms with Gasteiger partial charge in [-0.1, -0.05) is 24.3 Å². The molecule has 2 aromatic carbocycles. The number of nitrogens with zero attached hydrogens (tertiary/aromatic N) is 2. The van der Waals surface area contributed by atoms with Crippen molar-refractivity contribution < 1.29 is 9.59 Å². The van der Waals surface area contributed by atoms with Crippen LogP contribution in [0.1, 0.15) is 40.1 Å². The topological polar surface area (TPSA) is 40.6 Å². The Morgan fingerprint density at radius 1 is 1.00 bits per heavy atom. The van der Waals surface area contributed by atoms with Gasteiger partial charge in [0.05, 0.1) is 0 Å². The van der Waals surface area contributed by atoms with E-state index in [2.05, 4.69) is 6.07 Å². The van der Waals surface area contributed by atoms with Gasteiger partial charge < -0.3 is 9.80 Å². The van der Waals surface area contributed by atoms with Crippen molar-refractivity contribution in [3.63, 3.8) is 0 Å². The van der Waals surface area contributed by atoms with E-state index in [0.717, 1.165) is 12.1 Å². The zero-order valence-corrected chi connectivity index (χ0v) is 14.2. The Balaban J connectivity index is 1.87. The number of hydrogen-bond acceptors (Lipinski definition) is 2. The number of rotatable bonds is 4. The maximum Gasteiger partial charge on any atom is 0.258 e. The molecule has 3 rings (SSSR count). The van der Waals surface area contributed by atoms with Crippen LogP contribution < -0.4 is 4.90 Å². The molecule has 0 aliphatic carbocycles. The summed E-state index contributed by atoms with van der Waals surface area (Å²) in [5, 5.41) is 0. The molecule has 1 aliphatic rings. The monoisotopic (exact) mass is 322 g/mol. The van der Waals surface area contributed by atoms with Crippen molar-refractivity contribution in [3.05, 3.63) is 65.2 Å². The summed E-state index contributed by atoms with van der Waals surface area (Å²) in [6.07, 6.45) is 0.875. The minimum absolute atomic E-state index is 0.0310. The van der Waals surface area contributed by atoms with Gasteiger partial charge in [-0.25, -0.2) is 0 Å². The Labute approximate surface area is 142 Å². The maximum atomic E-state index is 12.9. The summed E-state index contributed by atoms with van der Waals surface area (Å²) in [7, 11) is 0. The van der Waals surface area contributed by atoms with Crippen LogP contribution in [0, 0.1) is 0 Å². The van der Waals surface area contributed by atoms with Crippen LogP contribution in [0.3, 0.4) is 0 Å². The molecule has 4 heteroatoms. The van der Waals surface area contributed by atoms with Crippen LogP contribution in [0.4, 0.5) is 5.69 Å². The average Bonchev–Trinajstić information content (AvgIpc) is 3.06. The zero-order chi connectivity index (χ0) is 17.1. The summed E-state index contributed by atoms with van der Waals surface area (Å²) in [4.78, 5) is 29.0. The fraction of sp³-hybridized carbons (Fsp3) is 0.300. The van der Waals surface area contributed by atoms with Gasteiger partial charge in [0.15, 0.2) is 0 Å². The molecule has 24 heavy (non-hydrogen) atoms. The van der Waals surface area contributed by atoms with E-state index in [9.17, 15) is 9.59 Å². The third-order valence-corrected chi connectivity index (χ3v) is 4.54. The highest BCUT2D eigenvalue weighted by Gasteiger charge is 2.25. The predicted molar refractivity (Wildman–Crippen MR) is 95.5 cm³/mol. The molecule has 4 nitrogen and oxygen atoms in total. The molecular weight excluding hydrogens is 300 g/mol. The van der Waals surface area contributed by atoms with E-state index in [4.69, 9.17) is 0 Å². The molecule has 0 bridgehead atoms. The van der Waals surface area contributed by atoms with E-state index in [-0.39, 0.29) is 11.8 Å². The van der Waals surface area contributed by atoms with Crippen LogP contribution in [-0.4, -0.2) is 36.3 Å². The second kappa shape index (κ2) is 6.87. The average molecular weight is 322 g/mol. The highest BCUT2D eigenvalue weighted by atomic mass is 16.2. The summed E-state index contributed by atoms with van der Waals surface area (Å²) >= 11 is 0. The number of carbonyl (C=O) groups is 2. The van der Waals surface area contributed by atoms with E-state index < -0.39 is 0 Å².